The number of non-ortho nitro benzene ring substituents is 1. The molecule has 0 spiro atoms. The zero-order valence-corrected chi connectivity index (χ0v) is 18.8. The lowest BCUT2D eigenvalue weighted by Gasteiger charge is -2.13. The van der Waals surface area contributed by atoms with Crippen molar-refractivity contribution >= 4 is 40.0 Å². The third kappa shape index (κ3) is 4.92. The number of ether oxygens (including phenoxy) is 1. The predicted molar refractivity (Wildman–Crippen MR) is 129 cm³/mol. The molecule has 0 amide bonds. The lowest BCUT2D eigenvalue weighted by molar-refractivity contribution is -0.576. The molecule has 0 aliphatic carbocycles. The second-order valence-electron chi connectivity index (χ2n) is 7.07. The Kier molecular flexibility index (Phi) is 7.17. The number of para-hydroxylation sites is 2. The molecule has 32 heavy (non-hydrogen) atoms. The third-order valence-corrected chi connectivity index (χ3v) is 5.37. The molecular weight excluding hydrogens is 426 g/mol. The Morgan fingerprint density at radius 1 is 1.19 bits per heavy atom. The number of aliphatic hydroxyl groups excluding tert-OH is 1. The molecule has 0 radical (unpaired) electrons. The number of nitro benzene ring substituents is 1. The number of anilines is 1. The van der Waals surface area contributed by atoms with Crippen molar-refractivity contribution in [3.8, 4) is 5.75 Å². The predicted octanol–water partition coefficient (Wildman–Crippen LogP) is 5.09. The molecule has 1 heterocycles. The van der Waals surface area contributed by atoms with E-state index in [-0.39, 0.29) is 16.4 Å². The molecule has 2 aromatic carbocycles. The standard InChI is InChI=1S/C24H23N3O4S/c1-4-17-15-26(14-13-16(17)2)22(23(28)18-9-11-19(12-10-18)27(29)30)24(32)25-20-7-5-6-8-21(20)31-3/h5-15H,4H2,1-3H3,(H-,25,28,32)/p+1. The van der Waals surface area contributed by atoms with Gasteiger partial charge in [0.15, 0.2) is 23.1 Å². The Balaban J connectivity index is 2.13. The van der Waals surface area contributed by atoms with Crippen LogP contribution < -0.4 is 14.6 Å². The van der Waals surface area contributed by atoms with Crippen LogP contribution in [0.15, 0.2) is 67.0 Å². The van der Waals surface area contributed by atoms with E-state index in [1.807, 2.05) is 43.6 Å². The SMILES string of the molecule is CCc1c[n+](/C(C(=S)Nc2ccccc2OC)=C(\O)c2ccc([N+](=O)[O-])cc2)ccc1C. The smallest absolute Gasteiger partial charge is 0.288 e. The van der Waals surface area contributed by atoms with Crippen LogP contribution in [0.5, 0.6) is 5.75 Å². The largest absolute Gasteiger partial charge is 0.502 e. The molecule has 0 aliphatic rings. The topological polar surface area (TPSA) is 88.5 Å². The van der Waals surface area contributed by atoms with Crippen molar-refractivity contribution in [3.05, 3.63) is 93.8 Å². The molecule has 3 rings (SSSR count). The van der Waals surface area contributed by atoms with E-state index in [0.29, 0.717) is 22.7 Å². The zero-order chi connectivity index (χ0) is 23.3. The number of nitro groups is 1. The monoisotopic (exact) mass is 450 g/mol. The van der Waals surface area contributed by atoms with Crippen LogP contribution >= 0.6 is 12.2 Å². The number of benzene rings is 2. The highest BCUT2D eigenvalue weighted by Gasteiger charge is 2.25. The summed E-state index contributed by atoms with van der Waals surface area (Å²) in [5.41, 5.74) is 3.56. The number of pyridine rings is 1. The van der Waals surface area contributed by atoms with Gasteiger partial charge < -0.3 is 15.2 Å². The number of aryl methyl sites for hydroxylation is 2. The molecule has 0 bridgehead atoms. The summed E-state index contributed by atoms with van der Waals surface area (Å²) in [7, 11) is 1.57. The molecule has 0 aliphatic heterocycles. The van der Waals surface area contributed by atoms with Crippen LogP contribution in [0.25, 0.3) is 11.5 Å². The van der Waals surface area contributed by atoms with E-state index in [9.17, 15) is 15.2 Å². The first-order valence-corrected chi connectivity index (χ1v) is 10.4. The van der Waals surface area contributed by atoms with Gasteiger partial charge in [-0.15, -0.1) is 0 Å². The highest BCUT2D eigenvalue weighted by Crippen LogP contribution is 2.26. The Hall–Kier alpha value is -3.78. The third-order valence-electron chi connectivity index (χ3n) is 5.07. The Bertz CT molecular complexity index is 1190. The van der Waals surface area contributed by atoms with Crippen molar-refractivity contribution in [1.29, 1.82) is 0 Å². The molecule has 0 unspecified atom stereocenters. The van der Waals surface area contributed by atoms with Gasteiger partial charge >= 0.3 is 0 Å². The minimum Gasteiger partial charge on any atom is -0.502 e. The summed E-state index contributed by atoms with van der Waals surface area (Å²) >= 11 is 5.69. The number of aromatic nitrogens is 1. The maximum Gasteiger partial charge on any atom is 0.288 e. The van der Waals surface area contributed by atoms with Crippen LogP contribution in [0, 0.1) is 17.0 Å². The number of aliphatic hydroxyl groups is 1. The van der Waals surface area contributed by atoms with Crippen LogP contribution in [0.1, 0.15) is 23.6 Å². The van der Waals surface area contributed by atoms with Crippen molar-refractivity contribution in [3.63, 3.8) is 0 Å². The minimum atomic E-state index is -0.485. The number of methoxy groups -OCH3 is 1. The Morgan fingerprint density at radius 3 is 2.50 bits per heavy atom. The second-order valence-corrected chi connectivity index (χ2v) is 7.48. The van der Waals surface area contributed by atoms with E-state index in [1.54, 1.807) is 17.7 Å². The number of rotatable bonds is 7. The molecule has 1 aromatic heterocycles. The molecule has 0 atom stereocenters. The summed E-state index contributed by atoms with van der Waals surface area (Å²) in [5, 5.41) is 25.3. The van der Waals surface area contributed by atoms with Gasteiger partial charge in [-0.2, -0.15) is 4.57 Å². The summed E-state index contributed by atoms with van der Waals surface area (Å²) in [5.74, 6) is 0.496. The summed E-state index contributed by atoms with van der Waals surface area (Å²) in [6, 6.07) is 15.0. The van der Waals surface area contributed by atoms with Crippen molar-refractivity contribution in [1.82, 2.24) is 0 Å². The summed E-state index contributed by atoms with van der Waals surface area (Å²) in [6.45, 7) is 4.08. The summed E-state index contributed by atoms with van der Waals surface area (Å²) in [6.07, 6.45) is 4.55. The maximum atomic E-state index is 11.2. The van der Waals surface area contributed by atoms with E-state index in [1.165, 1.54) is 24.3 Å². The molecule has 3 aromatic rings. The molecule has 7 nitrogen and oxygen atoms in total. The Morgan fingerprint density at radius 2 is 1.88 bits per heavy atom. The normalized spacial score (nSPS) is 11.5. The number of nitrogens with one attached hydrogen (secondary N) is 1. The van der Waals surface area contributed by atoms with E-state index >= 15 is 0 Å². The van der Waals surface area contributed by atoms with Crippen LogP contribution in [-0.4, -0.2) is 22.1 Å². The van der Waals surface area contributed by atoms with Gasteiger partial charge in [-0.05, 0) is 43.2 Å². The van der Waals surface area contributed by atoms with Crippen molar-refractivity contribution in [2.24, 2.45) is 0 Å². The van der Waals surface area contributed by atoms with Crippen LogP contribution in [-0.2, 0) is 6.42 Å². The average molecular weight is 451 g/mol. The van der Waals surface area contributed by atoms with Crippen molar-refractivity contribution in [2.45, 2.75) is 20.3 Å². The van der Waals surface area contributed by atoms with Gasteiger partial charge in [0.1, 0.15) is 5.75 Å². The lowest BCUT2D eigenvalue weighted by atomic mass is 10.1. The van der Waals surface area contributed by atoms with Crippen LogP contribution in [0.4, 0.5) is 11.4 Å². The highest BCUT2D eigenvalue weighted by atomic mass is 32.1. The molecule has 2 N–H and O–H groups in total. The van der Waals surface area contributed by atoms with E-state index in [0.717, 1.165) is 17.5 Å². The number of nitrogens with zero attached hydrogens (tertiary/aromatic N) is 2. The average Bonchev–Trinajstić information content (AvgIpc) is 2.80. The maximum absolute atomic E-state index is 11.2. The van der Waals surface area contributed by atoms with Crippen LogP contribution in [0.3, 0.4) is 0 Å². The van der Waals surface area contributed by atoms with Crippen molar-refractivity contribution in [2.75, 3.05) is 12.4 Å². The lowest BCUT2D eigenvalue weighted by Crippen LogP contribution is -2.39. The van der Waals surface area contributed by atoms with Gasteiger partial charge in [-0.1, -0.05) is 31.3 Å². The fourth-order valence-electron chi connectivity index (χ4n) is 3.28. The number of hydrogen-bond acceptors (Lipinski definition) is 5. The Labute approximate surface area is 191 Å². The molecule has 164 valence electrons. The van der Waals surface area contributed by atoms with Gasteiger partial charge in [0, 0.05) is 29.3 Å². The van der Waals surface area contributed by atoms with Gasteiger partial charge in [0.2, 0.25) is 0 Å². The fraction of sp³-hybridized carbons (Fsp3) is 0.167. The molecule has 0 fully saturated rings. The van der Waals surface area contributed by atoms with Gasteiger partial charge in [-0.25, -0.2) is 0 Å². The second kappa shape index (κ2) is 10.0. The van der Waals surface area contributed by atoms with E-state index < -0.39 is 4.92 Å². The quantitative estimate of drug-likeness (QED) is 0.130. The molecule has 0 saturated heterocycles. The first-order chi connectivity index (χ1) is 15.3. The molecular formula is C24H24N3O4S+. The number of hydrogen-bond donors (Lipinski definition) is 2. The first kappa shape index (κ1) is 22.9. The summed E-state index contributed by atoms with van der Waals surface area (Å²) in [4.78, 5) is 10.8. The van der Waals surface area contributed by atoms with Gasteiger partial charge in [0.05, 0.1) is 17.7 Å². The van der Waals surface area contributed by atoms with E-state index in [4.69, 9.17) is 17.0 Å². The fourth-order valence-corrected chi connectivity index (χ4v) is 3.59. The van der Waals surface area contributed by atoms with Crippen molar-refractivity contribution < 1.29 is 19.3 Å². The van der Waals surface area contributed by atoms with Gasteiger partial charge in [-0.3, -0.25) is 10.1 Å². The van der Waals surface area contributed by atoms with E-state index in [2.05, 4.69) is 12.2 Å². The zero-order valence-electron chi connectivity index (χ0n) is 18.0. The molecule has 0 saturated carbocycles. The van der Waals surface area contributed by atoms with Crippen LogP contribution in [0.2, 0.25) is 0 Å². The first-order valence-electron chi connectivity index (χ1n) is 9.99. The number of thiocarbonyl (C=S) groups is 1. The summed E-state index contributed by atoms with van der Waals surface area (Å²) < 4.78 is 7.15. The minimum absolute atomic E-state index is 0.0610. The highest BCUT2D eigenvalue weighted by molar-refractivity contribution is 7.81. The molecule has 8 heteroatoms. The van der Waals surface area contributed by atoms with Gasteiger partial charge in [0.25, 0.3) is 11.4 Å².